The number of aromatic nitrogens is 2. The highest BCUT2D eigenvalue weighted by Gasteiger charge is 2.12. The molecule has 0 saturated heterocycles. The van der Waals surface area contributed by atoms with E-state index in [4.69, 9.17) is 4.98 Å². The molecule has 0 saturated carbocycles. The SMILES string of the molecule is Cc1[nH]c(CC(C)c2ccccc2)nc1Cc1ccccc1. The summed E-state index contributed by atoms with van der Waals surface area (Å²) < 4.78 is 0. The van der Waals surface area contributed by atoms with Crippen molar-refractivity contribution in [3.8, 4) is 0 Å². The van der Waals surface area contributed by atoms with Crippen molar-refractivity contribution in [3.05, 3.63) is 89.0 Å². The quantitative estimate of drug-likeness (QED) is 0.727. The lowest BCUT2D eigenvalue weighted by atomic mass is 9.98. The molecule has 22 heavy (non-hydrogen) atoms. The number of hydrogen-bond donors (Lipinski definition) is 1. The molecule has 0 amide bonds. The topological polar surface area (TPSA) is 28.7 Å². The van der Waals surface area contributed by atoms with E-state index in [0.717, 1.165) is 24.4 Å². The van der Waals surface area contributed by atoms with Crippen LogP contribution in [0.4, 0.5) is 0 Å². The summed E-state index contributed by atoms with van der Waals surface area (Å²) in [6.07, 6.45) is 1.84. The Morgan fingerprint density at radius 3 is 2.27 bits per heavy atom. The van der Waals surface area contributed by atoms with Gasteiger partial charge in [0.05, 0.1) is 5.69 Å². The molecule has 3 rings (SSSR count). The van der Waals surface area contributed by atoms with Crippen molar-refractivity contribution in [1.82, 2.24) is 9.97 Å². The average molecular weight is 290 g/mol. The van der Waals surface area contributed by atoms with Crippen LogP contribution in [0.1, 0.15) is 41.2 Å². The Labute approximate surface area is 132 Å². The zero-order valence-electron chi connectivity index (χ0n) is 13.2. The summed E-state index contributed by atoms with van der Waals surface area (Å²) >= 11 is 0. The van der Waals surface area contributed by atoms with Gasteiger partial charge in [0.2, 0.25) is 0 Å². The highest BCUT2D eigenvalue weighted by molar-refractivity contribution is 5.26. The Hall–Kier alpha value is -2.35. The first-order chi connectivity index (χ1) is 10.7. The van der Waals surface area contributed by atoms with Gasteiger partial charge in [-0.15, -0.1) is 0 Å². The smallest absolute Gasteiger partial charge is 0.107 e. The normalized spacial score (nSPS) is 12.3. The summed E-state index contributed by atoms with van der Waals surface area (Å²) in [5.41, 5.74) is 5.00. The molecule has 1 N–H and O–H groups in total. The molecule has 1 unspecified atom stereocenters. The third kappa shape index (κ3) is 3.45. The molecule has 112 valence electrons. The molecule has 1 heterocycles. The average Bonchev–Trinajstić information content (AvgIpc) is 2.88. The highest BCUT2D eigenvalue weighted by Crippen LogP contribution is 2.20. The maximum absolute atomic E-state index is 4.81. The van der Waals surface area contributed by atoms with Crippen LogP contribution in [0, 0.1) is 6.92 Å². The van der Waals surface area contributed by atoms with Gasteiger partial charge in [-0.2, -0.15) is 0 Å². The predicted molar refractivity (Wildman–Crippen MR) is 91.1 cm³/mol. The second-order valence-electron chi connectivity index (χ2n) is 5.93. The fraction of sp³-hybridized carbons (Fsp3) is 0.250. The molecule has 0 aliphatic heterocycles. The standard InChI is InChI=1S/C20H22N2/c1-15(18-11-7-4-8-12-18)13-20-21-16(2)19(22-20)14-17-9-5-3-6-10-17/h3-12,15H,13-14H2,1-2H3,(H,21,22). The lowest BCUT2D eigenvalue weighted by molar-refractivity contribution is 0.724. The van der Waals surface area contributed by atoms with Gasteiger partial charge < -0.3 is 4.98 Å². The van der Waals surface area contributed by atoms with E-state index in [2.05, 4.69) is 73.4 Å². The molecule has 0 aliphatic carbocycles. The molecule has 2 aromatic carbocycles. The van der Waals surface area contributed by atoms with Crippen LogP contribution in [-0.2, 0) is 12.8 Å². The number of imidazole rings is 1. The van der Waals surface area contributed by atoms with Gasteiger partial charge in [-0.1, -0.05) is 67.6 Å². The van der Waals surface area contributed by atoms with Crippen LogP contribution in [0.3, 0.4) is 0 Å². The van der Waals surface area contributed by atoms with E-state index in [1.807, 2.05) is 6.07 Å². The molecule has 0 fully saturated rings. The van der Waals surface area contributed by atoms with Crippen LogP contribution < -0.4 is 0 Å². The van der Waals surface area contributed by atoms with Crippen molar-refractivity contribution in [2.24, 2.45) is 0 Å². The van der Waals surface area contributed by atoms with Crippen molar-refractivity contribution < 1.29 is 0 Å². The van der Waals surface area contributed by atoms with Gasteiger partial charge in [0.25, 0.3) is 0 Å². The first-order valence-electron chi connectivity index (χ1n) is 7.85. The third-order valence-electron chi connectivity index (χ3n) is 4.12. The summed E-state index contributed by atoms with van der Waals surface area (Å²) in [4.78, 5) is 8.27. The summed E-state index contributed by atoms with van der Waals surface area (Å²) in [7, 11) is 0. The first-order valence-corrected chi connectivity index (χ1v) is 7.85. The van der Waals surface area contributed by atoms with E-state index >= 15 is 0 Å². The number of benzene rings is 2. The predicted octanol–water partition coefficient (Wildman–Crippen LogP) is 4.66. The lowest BCUT2D eigenvalue weighted by Crippen LogP contribution is -2.00. The first kappa shape index (κ1) is 14.6. The van der Waals surface area contributed by atoms with Crippen molar-refractivity contribution in [2.75, 3.05) is 0 Å². The number of aryl methyl sites for hydroxylation is 1. The minimum Gasteiger partial charge on any atom is -0.346 e. The summed E-state index contributed by atoms with van der Waals surface area (Å²) in [5.74, 6) is 1.55. The third-order valence-corrected chi connectivity index (χ3v) is 4.12. The lowest BCUT2D eigenvalue weighted by Gasteiger charge is -2.09. The largest absolute Gasteiger partial charge is 0.346 e. The van der Waals surface area contributed by atoms with Gasteiger partial charge in [0, 0.05) is 18.5 Å². The van der Waals surface area contributed by atoms with Crippen molar-refractivity contribution in [1.29, 1.82) is 0 Å². The molecule has 3 aromatic rings. The highest BCUT2D eigenvalue weighted by atomic mass is 14.9. The molecule has 0 bridgehead atoms. The van der Waals surface area contributed by atoms with Gasteiger partial charge in [0.15, 0.2) is 0 Å². The molecular formula is C20H22N2. The fourth-order valence-corrected chi connectivity index (χ4v) is 2.81. The van der Waals surface area contributed by atoms with Crippen LogP contribution in [-0.4, -0.2) is 9.97 Å². The van der Waals surface area contributed by atoms with Crippen LogP contribution in [0.2, 0.25) is 0 Å². The van der Waals surface area contributed by atoms with E-state index in [1.54, 1.807) is 0 Å². The van der Waals surface area contributed by atoms with E-state index in [-0.39, 0.29) is 0 Å². The minimum absolute atomic E-state index is 0.469. The van der Waals surface area contributed by atoms with Crippen molar-refractivity contribution in [3.63, 3.8) is 0 Å². The molecule has 1 aromatic heterocycles. The van der Waals surface area contributed by atoms with Gasteiger partial charge in [0.1, 0.15) is 5.82 Å². The van der Waals surface area contributed by atoms with Crippen LogP contribution >= 0.6 is 0 Å². The fourth-order valence-electron chi connectivity index (χ4n) is 2.81. The Kier molecular flexibility index (Phi) is 4.38. The van der Waals surface area contributed by atoms with Gasteiger partial charge >= 0.3 is 0 Å². The maximum Gasteiger partial charge on any atom is 0.107 e. The number of H-pyrrole nitrogens is 1. The molecule has 2 heteroatoms. The number of aromatic amines is 1. The van der Waals surface area contributed by atoms with Crippen molar-refractivity contribution >= 4 is 0 Å². The number of nitrogens with zero attached hydrogens (tertiary/aromatic N) is 1. The second kappa shape index (κ2) is 6.61. The molecule has 0 spiro atoms. The molecule has 2 nitrogen and oxygen atoms in total. The van der Waals surface area contributed by atoms with E-state index < -0.39 is 0 Å². The monoisotopic (exact) mass is 290 g/mol. The number of nitrogens with one attached hydrogen (secondary N) is 1. The second-order valence-corrected chi connectivity index (χ2v) is 5.93. The van der Waals surface area contributed by atoms with E-state index in [1.165, 1.54) is 16.8 Å². The van der Waals surface area contributed by atoms with Crippen molar-refractivity contribution in [2.45, 2.75) is 32.6 Å². The molecule has 0 aliphatic rings. The molecule has 1 atom stereocenters. The van der Waals surface area contributed by atoms with Crippen LogP contribution in [0.5, 0.6) is 0 Å². The Morgan fingerprint density at radius 1 is 0.955 bits per heavy atom. The van der Waals surface area contributed by atoms with Crippen LogP contribution in [0.25, 0.3) is 0 Å². The zero-order chi connectivity index (χ0) is 15.4. The van der Waals surface area contributed by atoms with E-state index in [9.17, 15) is 0 Å². The Balaban J connectivity index is 1.72. The number of hydrogen-bond acceptors (Lipinski definition) is 1. The van der Waals surface area contributed by atoms with Gasteiger partial charge in [-0.25, -0.2) is 4.98 Å². The minimum atomic E-state index is 0.469. The van der Waals surface area contributed by atoms with Gasteiger partial charge in [-0.05, 0) is 24.0 Å². The van der Waals surface area contributed by atoms with E-state index in [0.29, 0.717) is 5.92 Å². The summed E-state index contributed by atoms with van der Waals surface area (Å²) in [6, 6.07) is 21.1. The summed E-state index contributed by atoms with van der Waals surface area (Å²) in [5, 5.41) is 0. The number of rotatable bonds is 5. The molecule has 0 radical (unpaired) electrons. The summed E-state index contributed by atoms with van der Waals surface area (Å²) in [6.45, 7) is 4.37. The molecular weight excluding hydrogens is 268 g/mol. The maximum atomic E-state index is 4.81. The van der Waals surface area contributed by atoms with Crippen LogP contribution in [0.15, 0.2) is 60.7 Å². The Morgan fingerprint density at radius 2 is 1.59 bits per heavy atom. The zero-order valence-corrected chi connectivity index (χ0v) is 13.2. The Bertz CT molecular complexity index is 714. The van der Waals surface area contributed by atoms with Gasteiger partial charge in [-0.3, -0.25) is 0 Å².